The summed E-state index contributed by atoms with van der Waals surface area (Å²) < 4.78 is 0. The predicted molar refractivity (Wildman–Crippen MR) is 97.1 cm³/mol. The molecular formula is C19H42N2. The van der Waals surface area contributed by atoms with Crippen molar-refractivity contribution in [3.05, 3.63) is 0 Å². The van der Waals surface area contributed by atoms with Crippen molar-refractivity contribution in [2.24, 2.45) is 0 Å². The van der Waals surface area contributed by atoms with E-state index >= 15 is 0 Å². The van der Waals surface area contributed by atoms with Crippen molar-refractivity contribution < 1.29 is 0 Å². The van der Waals surface area contributed by atoms with Crippen molar-refractivity contribution in [2.75, 3.05) is 13.1 Å². The molecule has 2 nitrogen and oxygen atoms in total. The van der Waals surface area contributed by atoms with Crippen molar-refractivity contribution in [3.8, 4) is 0 Å². The lowest BCUT2D eigenvalue weighted by Crippen LogP contribution is -2.36. The molecule has 0 aromatic heterocycles. The summed E-state index contributed by atoms with van der Waals surface area (Å²) in [5.41, 5.74) is 0.559. The highest BCUT2D eigenvalue weighted by Crippen LogP contribution is 2.10. The fraction of sp³-hybridized carbons (Fsp3) is 1.00. The Morgan fingerprint density at radius 1 is 0.429 bits per heavy atom. The Hall–Kier alpha value is -0.0800. The normalized spacial score (nSPS) is 12.9. The number of hydrogen-bond donors (Lipinski definition) is 2. The summed E-state index contributed by atoms with van der Waals surface area (Å²) in [4.78, 5) is 0. The van der Waals surface area contributed by atoms with Crippen molar-refractivity contribution in [1.82, 2.24) is 10.6 Å². The van der Waals surface area contributed by atoms with Crippen molar-refractivity contribution >= 4 is 0 Å². The van der Waals surface area contributed by atoms with Crippen LogP contribution in [0.5, 0.6) is 0 Å². The predicted octanol–water partition coefficient (Wildman–Crippen LogP) is 5.27. The molecule has 0 atom stereocenters. The van der Waals surface area contributed by atoms with Gasteiger partial charge in [0.2, 0.25) is 0 Å². The Morgan fingerprint density at radius 2 is 0.667 bits per heavy atom. The lowest BCUT2D eigenvalue weighted by Gasteiger charge is -2.20. The van der Waals surface area contributed by atoms with Gasteiger partial charge in [0.25, 0.3) is 0 Å². The average molecular weight is 299 g/mol. The number of unbranched alkanes of at least 4 members (excludes halogenated alkanes) is 8. The molecule has 0 amide bonds. The quantitative estimate of drug-likeness (QED) is 0.479. The summed E-state index contributed by atoms with van der Waals surface area (Å²) in [6.07, 6.45) is 12.5. The topological polar surface area (TPSA) is 24.1 Å². The van der Waals surface area contributed by atoms with Crippen molar-refractivity contribution in [3.63, 3.8) is 0 Å². The molecule has 0 fully saturated rings. The number of nitrogens with one attached hydrogen (secondary N) is 2. The molecule has 2 heteroatoms. The van der Waals surface area contributed by atoms with E-state index in [9.17, 15) is 0 Å². The van der Waals surface area contributed by atoms with Crippen LogP contribution in [0.15, 0.2) is 0 Å². The minimum Gasteiger partial charge on any atom is -0.312 e. The van der Waals surface area contributed by atoms with Gasteiger partial charge in [-0.05, 0) is 67.5 Å². The lowest BCUT2D eigenvalue weighted by atomic mass is 10.1. The molecule has 0 aliphatic heterocycles. The zero-order valence-electron chi connectivity index (χ0n) is 15.8. The van der Waals surface area contributed by atoms with Gasteiger partial charge in [-0.3, -0.25) is 0 Å². The maximum absolute atomic E-state index is 3.56. The molecule has 0 aromatic carbocycles. The van der Waals surface area contributed by atoms with Gasteiger partial charge in [-0.15, -0.1) is 0 Å². The van der Waals surface area contributed by atoms with Gasteiger partial charge in [0.15, 0.2) is 0 Å². The van der Waals surface area contributed by atoms with Gasteiger partial charge in [-0.1, -0.05) is 44.9 Å². The number of rotatable bonds is 12. The van der Waals surface area contributed by atoms with E-state index in [1.54, 1.807) is 0 Å². The van der Waals surface area contributed by atoms with E-state index in [2.05, 4.69) is 52.2 Å². The van der Waals surface area contributed by atoms with Crippen LogP contribution in [-0.2, 0) is 0 Å². The Labute approximate surface area is 134 Å². The smallest absolute Gasteiger partial charge is 0.00965 e. The Morgan fingerprint density at radius 3 is 0.905 bits per heavy atom. The number of hydrogen-bond acceptors (Lipinski definition) is 2. The fourth-order valence-electron chi connectivity index (χ4n) is 2.41. The summed E-state index contributed by atoms with van der Waals surface area (Å²) in [5.74, 6) is 0. The Bertz CT molecular complexity index is 199. The minimum absolute atomic E-state index is 0.280. The van der Waals surface area contributed by atoms with Crippen LogP contribution in [0.2, 0.25) is 0 Å². The first-order valence-corrected chi connectivity index (χ1v) is 9.21. The van der Waals surface area contributed by atoms with E-state index in [1.807, 2.05) is 0 Å². The first-order chi connectivity index (χ1) is 9.71. The molecule has 0 spiro atoms. The SMILES string of the molecule is CC(C)(C)NCCCCCCCCCCCNC(C)(C)C. The van der Waals surface area contributed by atoms with Gasteiger partial charge in [0.1, 0.15) is 0 Å². The zero-order chi connectivity index (χ0) is 16.2. The maximum Gasteiger partial charge on any atom is 0.00965 e. The second kappa shape index (κ2) is 11.5. The van der Waals surface area contributed by atoms with Crippen LogP contribution in [0.3, 0.4) is 0 Å². The molecular weight excluding hydrogens is 256 g/mol. The van der Waals surface area contributed by atoms with Gasteiger partial charge in [0.05, 0.1) is 0 Å². The first-order valence-electron chi connectivity index (χ1n) is 9.21. The summed E-state index contributed by atoms with van der Waals surface area (Å²) in [6.45, 7) is 15.8. The van der Waals surface area contributed by atoms with Crippen LogP contribution in [0.25, 0.3) is 0 Å². The maximum atomic E-state index is 3.56. The Kier molecular flexibility index (Phi) is 11.4. The van der Waals surface area contributed by atoms with E-state index < -0.39 is 0 Å². The molecule has 0 saturated heterocycles. The molecule has 0 aliphatic rings. The molecule has 0 saturated carbocycles. The monoisotopic (exact) mass is 298 g/mol. The van der Waals surface area contributed by atoms with Crippen LogP contribution < -0.4 is 10.6 Å². The summed E-state index contributed by atoms with van der Waals surface area (Å²) in [5, 5.41) is 7.11. The van der Waals surface area contributed by atoms with Crippen LogP contribution in [0, 0.1) is 0 Å². The van der Waals surface area contributed by atoms with E-state index in [4.69, 9.17) is 0 Å². The largest absolute Gasteiger partial charge is 0.312 e. The molecule has 2 N–H and O–H groups in total. The molecule has 0 rings (SSSR count). The summed E-state index contributed by atoms with van der Waals surface area (Å²) in [7, 11) is 0. The van der Waals surface area contributed by atoms with Crippen molar-refractivity contribution in [1.29, 1.82) is 0 Å². The molecule has 0 aliphatic carbocycles. The van der Waals surface area contributed by atoms with E-state index in [0.29, 0.717) is 0 Å². The van der Waals surface area contributed by atoms with Gasteiger partial charge >= 0.3 is 0 Å². The molecule has 0 bridgehead atoms. The van der Waals surface area contributed by atoms with Crippen LogP contribution >= 0.6 is 0 Å². The van der Waals surface area contributed by atoms with Crippen molar-refractivity contribution in [2.45, 2.75) is 110 Å². The summed E-state index contributed by atoms with van der Waals surface area (Å²) >= 11 is 0. The van der Waals surface area contributed by atoms with E-state index in [-0.39, 0.29) is 11.1 Å². The third kappa shape index (κ3) is 19.9. The minimum atomic E-state index is 0.280. The van der Waals surface area contributed by atoms with Crippen LogP contribution in [-0.4, -0.2) is 24.2 Å². The van der Waals surface area contributed by atoms with Gasteiger partial charge in [-0.25, -0.2) is 0 Å². The highest BCUT2D eigenvalue weighted by Gasteiger charge is 2.07. The first kappa shape index (κ1) is 20.9. The molecule has 21 heavy (non-hydrogen) atoms. The molecule has 128 valence electrons. The van der Waals surface area contributed by atoms with Crippen LogP contribution in [0.4, 0.5) is 0 Å². The third-order valence-corrected chi connectivity index (χ3v) is 3.66. The van der Waals surface area contributed by atoms with E-state index in [1.165, 1.54) is 70.9 Å². The zero-order valence-corrected chi connectivity index (χ0v) is 15.8. The molecule has 0 aromatic rings. The molecule has 0 radical (unpaired) electrons. The highest BCUT2D eigenvalue weighted by molar-refractivity contribution is 4.70. The van der Waals surface area contributed by atoms with E-state index in [0.717, 1.165) is 0 Å². The van der Waals surface area contributed by atoms with Gasteiger partial charge < -0.3 is 10.6 Å². The van der Waals surface area contributed by atoms with Gasteiger partial charge in [0, 0.05) is 11.1 Å². The average Bonchev–Trinajstić information content (AvgIpc) is 2.32. The second-order valence-corrected chi connectivity index (χ2v) is 8.54. The second-order valence-electron chi connectivity index (χ2n) is 8.54. The van der Waals surface area contributed by atoms with Crippen LogP contribution in [0.1, 0.15) is 99.3 Å². The molecule has 0 unspecified atom stereocenters. The Balaban J connectivity index is 3.10. The highest BCUT2D eigenvalue weighted by atomic mass is 14.9. The fourth-order valence-corrected chi connectivity index (χ4v) is 2.41. The van der Waals surface area contributed by atoms with Gasteiger partial charge in [-0.2, -0.15) is 0 Å². The standard InChI is InChI=1S/C19H42N2/c1-18(2,3)20-16-14-12-10-8-7-9-11-13-15-17-21-19(4,5)6/h20-21H,7-17H2,1-6H3. The third-order valence-electron chi connectivity index (χ3n) is 3.66. The molecule has 0 heterocycles. The lowest BCUT2D eigenvalue weighted by molar-refractivity contribution is 0.412. The summed E-state index contributed by atoms with van der Waals surface area (Å²) in [6, 6.07) is 0.